The maximum absolute atomic E-state index is 5.97. The molecule has 0 aromatic heterocycles. The molecule has 0 saturated heterocycles. The number of benzene rings is 1. The minimum atomic E-state index is -1.60. The minimum Gasteiger partial charge on any atom is -0.544 e. The Bertz CT molecular complexity index is 408. The molecular weight excluding hydrogens is 260 g/mol. The van der Waals surface area contributed by atoms with Crippen molar-refractivity contribution in [3.63, 3.8) is 0 Å². The normalized spacial score (nSPS) is 12.8. The Hall–Kier alpha value is -1.13. The summed E-state index contributed by atoms with van der Waals surface area (Å²) in [5, 5.41) is 2.02. The van der Waals surface area contributed by atoms with Crippen molar-refractivity contribution in [2.24, 2.45) is 0 Å². The molecule has 0 aliphatic rings. The topological polar surface area (TPSA) is 18.5 Å². The van der Waals surface area contributed by atoms with Gasteiger partial charge in [0.25, 0.3) is 0 Å². The number of hydrogen-bond acceptors (Lipinski definition) is 3. The zero-order valence-electron chi connectivity index (χ0n) is 11.3. The van der Waals surface area contributed by atoms with E-state index in [0.717, 1.165) is 5.76 Å². The van der Waals surface area contributed by atoms with Crippen molar-refractivity contribution in [3.05, 3.63) is 53.8 Å². The summed E-state index contributed by atoms with van der Waals surface area (Å²) in [6, 6.07) is 10.2. The van der Waals surface area contributed by atoms with Gasteiger partial charge in [0.2, 0.25) is 8.32 Å². The lowest BCUT2D eigenvalue weighted by atomic mass is 10.4. The first-order valence-electron chi connectivity index (χ1n) is 5.81. The smallest absolute Gasteiger partial charge is 0.242 e. The van der Waals surface area contributed by atoms with Gasteiger partial charge in [-0.25, -0.2) is 0 Å². The van der Waals surface area contributed by atoms with E-state index in [2.05, 4.69) is 31.8 Å². The molecule has 0 N–H and O–H groups in total. The molecule has 4 heteroatoms. The highest BCUT2D eigenvalue weighted by molar-refractivity contribution is 8.02. The molecule has 0 spiro atoms. The summed E-state index contributed by atoms with van der Waals surface area (Å²) in [5.41, 5.74) is 0. The SMILES string of the molecule is CO/C=C/C(=C/Sc1ccccc1)O[Si](C)(C)C. The van der Waals surface area contributed by atoms with Crippen molar-refractivity contribution in [2.45, 2.75) is 24.5 Å². The van der Waals surface area contributed by atoms with Crippen LogP contribution in [0.5, 0.6) is 0 Å². The fourth-order valence-corrected chi connectivity index (χ4v) is 2.82. The lowest BCUT2D eigenvalue weighted by molar-refractivity contribution is 0.334. The predicted molar refractivity (Wildman–Crippen MR) is 81.0 cm³/mol. The third kappa shape index (κ3) is 6.57. The number of ether oxygens (including phenoxy) is 1. The van der Waals surface area contributed by atoms with Crippen LogP contribution in [0.25, 0.3) is 0 Å². The molecule has 98 valence electrons. The molecule has 2 nitrogen and oxygen atoms in total. The molecule has 0 bridgehead atoms. The van der Waals surface area contributed by atoms with Crippen LogP contribution in [0, 0.1) is 0 Å². The van der Waals surface area contributed by atoms with Gasteiger partial charge in [-0.1, -0.05) is 30.0 Å². The summed E-state index contributed by atoms with van der Waals surface area (Å²) in [4.78, 5) is 1.19. The van der Waals surface area contributed by atoms with Crippen LogP contribution < -0.4 is 0 Å². The lowest BCUT2D eigenvalue weighted by Gasteiger charge is -2.19. The Balaban J connectivity index is 2.73. The van der Waals surface area contributed by atoms with Gasteiger partial charge in [-0.05, 0) is 31.8 Å². The van der Waals surface area contributed by atoms with Gasteiger partial charge in [0.1, 0.15) is 5.76 Å². The highest BCUT2D eigenvalue weighted by atomic mass is 32.2. The summed E-state index contributed by atoms with van der Waals surface area (Å²) >= 11 is 1.65. The molecule has 0 atom stereocenters. The van der Waals surface area contributed by atoms with Gasteiger partial charge in [-0.15, -0.1) is 0 Å². The third-order valence-electron chi connectivity index (χ3n) is 1.85. The average Bonchev–Trinajstić information content (AvgIpc) is 2.32. The molecule has 0 aliphatic heterocycles. The van der Waals surface area contributed by atoms with Crippen molar-refractivity contribution >= 4 is 20.1 Å². The van der Waals surface area contributed by atoms with Crippen LogP contribution in [-0.2, 0) is 9.16 Å². The first-order chi connectivity index (χ1) is 8.51. The van der Waals surface area contributed by atoms with Crippen molar-refractivity contribution in [2.75, 3.05) is 7.11 Å². The summed E-state index contributed by atoms with van der Waals surface area (Å²) < 4.78 is 10.9. The lowest BCUT2D eigenvalue weighted by Crippen LogP contribution is -2.24. The molecule has 0 aliphatic carbocycles. The number of allylic oxidation sites excluding steroid dienone is 1. The highest BCUT2D eigenvalue weighted by Crippen LogP contribution is 2.22. The first kappa shape index (κ1) is 14.9. The molecule has 1 rings (SSSR count). The molecule has 18 heavy (non-hydrogen) atoms. The Morgan fingerprint density at radius 2 is 1.83 bits per heavy atom. The zero-order chi connectivity index (χ0) is 13.4. The second-order valence-corrected chi connectivity index (χ2v) is 10.1. The van der Waals surface area contributed by atoms with Gasteiger partial charge in [0.05, 0.1) is 13.4 Å². The zero-order valence-corrected chi connectivity index (χ0v) is 13.2. The molecule has 0 saturated carbocycles. The molecule has 1 aromatic carbocycles. The molecule has 0 radical (unpaired) electrons. The van der Waals surface area contributed by atoms with Gasteiger partial charge in [-0.2, -0.15) is 0 Å². The van der Waals surface area contributed by atoms with Gasteiger partial charge in [0.15, 0.2) is 0 Å². The molecule has 1 aromatic rings. The Kier molecular flexibility index (Phi) is 6.08. The Morgan fingerprint density at radius 1 is 1.17 bits per heavy atom. The Morgan fingerprint density at radius 3 is 2.39 bits per heavy atom. The first-order valence-corrected chi connectivity index (χ1v) is 10.1. The molecule has 0 amide bonds. The van der Waals surface area contributed by atoms with Crippen LogP contribution in [0.1, 0.15) is 0 Å². The van der Waals surface area contributed by atoms with Crippen molar-refractivity contribution in [3.8, 4) is 0 Å². The monoisotopic (exact) mass is 280 g/mol. The summed E-state index contributed by atoms with van der Waals surface area (Å²) in [7, 11) is 0.0350. The number of hydrogen-bond donors (Lipinski definition) is 0. The predicted octanol–water partition coefficient (Wildman–Crippen LogP) is 4.63. The van der Waals surface area contributed by atoms with Crippen molar-refractivity contribution in [1.82, 2.24) is 0 Å². The molecule has 0 heterocycles. The van der Waals surface area contributed by atoms with E-state index in [1.54, 1.807) is 25.1 Å². The van der Waals surface area contributed by atoms with Gasteiger partial charge < -0.3 is 9.16 Å². The van der Waals surface area contributed by atoms with Crippen LogP contribution in [-0.4, -0.2) is 15.4 Å². The second kappa shape index (κ2) is 7.33. The van der Waals surface area contributed by atoms with Crippen LogP contribution >= 0.6 is 11.8 Å². The number of rotatable bonds is 6. The van der Waals surface area contributed by atoms with Crippen LogP contribution in [0.15, 0.2) is 58.7 Å². The third-order valence-corrected chi connectivity index (χ3v) is 3.59. The van der Waals surface area contributed by atoms with E-state index >= 15 is 0 Å². The maximum Gasteiger partial charge on any atom is 0.242 e. The highest BCUT2D eigenvalue weighted by Gasteiger charge is 2.16. The van der Waals surface area contributed by atoms with E-state index in [0.29, 0.717) is 0 Å². The quantitative estimate of drug-likeness (QED) is 0.327. The Labute approximate surface area is 115 Å². The summed E-state index contributed by atoms with van der Waals surface area (Å²) in [6.07, 6.45) is 3.49. The maximum atomic E-state index is 5.97. The van der Waals surface area contributed by atoms with Crippen LogP contribution in [0.4, 0.5) is 0 Å². The number of thioether (sulfide) groups is 1. The van der Waals surface area contributed by atoms with E-state index in [1.807, 2.05) is 29.7 Å². The van der Waals surface area contributed by atoms with E-state index in [1.165, 1.54) is 4.90 Å². The average molecular weight is 280 g/mol. The van der Waals surface area contributed by atoms with Gasteiger partial charge in [-0.3, -0.25) is 0 Å². The van der Waals surface area contributed by atoms with E-state index < -0.39 is 8.32 Å². The minimum absolute atomic E-state index is 0.852. The molecular formula is C14H20O2SSi. The van der Waals surface area contributed by atoms with Crippen molar-refractivity contribution in [1.29, 1.82) is 0 Å². The van der Waals surface area contributed by atoms with E-state index in [4.69, 9.17) is 9.16 Å². The summed E-state index contributed by atoms with van der Waals surface area (Å²) in [5.74, 6) is 0.852. The molecule has 0 unspecified atom stereocenters. The number of methoxy groups -OCH3 is 1. The van der Waals surface area contributed by atoms with Crippen LogP contribution in [0.3, 0.4) is 0 Å². The summed E-state index contributed by atoms with van der Waals surface area (Å²) in [6.45, 7) is 6.48. The van der Waals surface area contributed by atoms with Crippen molar-refractivity contribution < 1.29 is 9.16 Å². The van der Waals surface area contributed by atoms with Crippen LogP contribution in [0.2, 0.25) is 19.6 Å². The largest absolute Gasteiger partial charge is 0.544 e. The molecule has 0 fully saturated rings. The van der Waals surface area contributed by atoms with Gasteiger partial charge >= 0.3 is 0 Å². The fourth-order valence-electron chi connectivity index (χ4n) is 1.21. The van der Waals surface area contributed by atoms with E-state index in [9.17, 15) is 0 Å². The second-order valence-electron chi connectivity index (χ2n) is 4.70. The standard InChI is InChI=1S/C14H20O2SSi/c1-15-11-10-13(16-18(2,3)4)12-17-14-8-6-5-7-9-14/h5-12H,1-4H3/b11-10+,13-12-. The fraction of sp³-hybridized carbons (Fsp3) is 0.286. The van der Waals surface area contributed by atoms with E-state index in [-0.39, 0.29) is 0 Å². The van der Waals surface area contributed by atoms with Gasteiger partial charge in [0, 0.05) is 16.4 Å².